The Morgan fingerprint density at radius 3 is 2.81 bits per heavy atom. The summed E-state index contributed by atoms with van der Waals surface area (Å²) in [4.78, 5) is 5.63. The van der Waals surface area contributed by atoms with Crippen molar-refractivity contribution < 1.29 is 9.94 Å². The van der Waals surface area contributed by atoms with Crippen molar-refractivity contribution in [2.45, 2.75) is 44.8 Å². The lowest BCUT2D eigenvalue weighted by molar-refractivity contribution is -0.0377. The molecule has 1 aliphatic rings. The zero-order chi connectivity index (χ0) is 11.4. The highest BCUT2D eigenvalue weighted by Gasteiger charge is 2.16. The van der Waals surface area contributed by atoms with Crippen LogP contribution in [0.3, 0.4) is 0 Å². The van der Waals surface area contributed by atoms with Gasteiger partial charge in [0.15, 0.2) is 0 Å². The Bertz CT molecular complexity index is 334. The van der Waals surface area contributed by atoms with Gasteiger partial charge in [-0.1, -0.05) is 25.0 Å². The van der Waals surface area contributed by atoms with E-state index in [1.165, 1.54) is 12.8 Å². The molecule has 0 spiro atoms. The van der Waals surface area contributed by atoms with Gasteiger partial charge in [-0.05, 0) is 37.5 Å². The molecule has 3 nitrogen and oxygen atoms in total. The molecule has 0 radical (unpaired) electrons. The maximum Gasteiger partial charge on any atom is 0.115 e. The molecule has 1 aromatic rings. The summed E-state index contributed by atoms with van der Waals surface area (Å²) in [7, 11) is 0. The van der Waals surface area contributed by atoms with E-state index >= 15 is 0 Å². The molecule has 1 unspecified atom stereocenters. The molecule has 0 bridgehead atoms. The molecule has 0 aromatic heterocycles. The van der Waals surface area contributed by atoms with Crippen molar-refractivity contribution >= 4 is 0 Å². The Morgan fingerprint density at radius 1 is 1.38 bits per heavy atom. The van der Waals surface area contributed by atoms with E-state index in [1.807, 2.05) is 19.1 Å². The van der Waals surface area contributed by atoms with Crippen molar-refractivity contribution in [3.05, 3.63) is 29.8 Å². The normalized spacial score (nSPS) is 18.8. The molecule has 88 valence electrons. The largest absolute Gasteiger partial charge is 0.508 e. The third kappa shape index (κ3) is 2.97. The van der Waals surface area contributed by atoms with Crippen molar-refractivity contribution in [2.24, 2.45) is 0 Å². The van der Waals surface area contributed by atoms with Gasteiger partial charge in [-0.25, -0.2) is 0 Å². The number of benzene rings is 1. The standard InChI is InChI=1S/C13H19NO2/c1-10(11-5-4-6-12(15)9-11)14-16-13-7-2-3-8-13/h4-6,9-10,13-15H,2-3,7-8H2,1H3. The molecule has 1 saturated carbocycles. The van der Waals surface area contributed by atoms with Crippen LogP contribution >= 0.6 is 0 Å². The van der Waals surface area contributed by atoms with Gasteiger partial charge in [-0.15, -0.1) is 0 Å². The summed E-state index contributed by atoms with van der Waals surface area (Å²) in [5, 5.41) is 9.37. The van der Waals surface area contributed by atoms with E-state index < -0.39 is 0 Å². The average molecular weight is 221 g/mol. The summed E-state index contributed by atoms with van der Waals surface area (Å²) in [6, 6.07) is 7.37. The second-order valence-electron chi connectivity index (χ2n) is 4.46. The molecule has 0 heterocycles. The monoisotopic (exact) mass is 221 g/mol. The van der Waals surface area contributed by atoms with Crippen LogP contribution < -0.4 is 5.48 Å². The van der Waals surface area contributed by atoms with Crippen LogP contribution in [-0.4, -0.2) is 11.2 Å². The number of aromatic hydroxyl groups is 1. The molecule has 2 N–H and O–H groups in total. The Morgan fingerprint density at radius 2 is 2.12 bits per heavy atom. The van der Waals surface area contributed by atoms with Crippen molar-refractivity contribution in [1.82, 2.24) is 5.48 Å². The Kier molecular flexibility index (Phi) is 3.80. The number of hydroxylamine groups is 1. The number of rotatable bonds is 4. The first kappa shape index (κ1) is 11.4. The summed E-state index contributed by atoms with van der Waals surface area (Å²) in [5.74, 6) is 0.298. The molecule has 0 amide bonds. The minimum absolute atomic E-state index is 0.104. The van der Waals surface area contributed by atoms with Crippen LogP contribution in [0.4, 0.5) is 0 Å². The molecular weight excluding hydrogens is 202 g/mol. The molecule has 1 atom stereocenters. The fourth-order valence-corrected chi connectivity index (χ4v) is 2.07. The van der Waals surface area contributed by atoms with Gasteiger partial charge < -0.3 is 5.11 Å². The predicted molar refractivity (Wildman–Crippen MR) is 63.0 cm³/mol. The van der Waals surface area contributed by atoms with Gasteiger partial charge in [0.05, 0.1) is 12.1 Å². The molecule has 3 heteroatoms. The smallest absolute Gasteiger partial charge is 0.115 e. The van der Waals surface area contributed by atoms with Crippen LogP contribution in [0.2, 0.25) is 0 Å². The third-order valence-electron chi connectivity index (χ3n) is 3.08. The zero-order valence-corrected chi connectivity index (χ0v) is 9.65. The Hall–Kier alpha value is -1.06. The minimum atomic E-state index is 0.104. The van der Waals surface area contributed by atoms with E-state index in [9.17, 15) is 5.11 Å². The summed E-state index contributed by atoms with van der Waals surface area (Å²) in [5.41, 5.74) is 4.10. The maximum atomic E-state index is 9.37. The van der Waals surface area contributed by atoms with Gasteiger partial charge in [-0.2, -0.15) is 5.48 Å². The van der Waals surface area contributed by atoms with Crippen molar-refractivity contribution in [2.75, 3.05) is 0 Å². The van der Waals surface area contributed by atoms with Crippen LogP contribution in [-0.2, 0) is 4.84 Å². The molecule has 0 aliphatic heterocycles. The molecule has 16 heavy (non-hydrogen) atoms. The molecule has 1 aliphatic carbocycles. The molecule has 1 fully saturated rings. The van der Waals surface area contributed by atoms with Gasteiger partial charge >= 0.3 is 0 Å². The highest BCUT2D eigenvalue weighted by Crippen LogP contribution is 2.22. The van der Waals surface area contributed by atoms with Crippen LogP contribution in [0.5, 0.6) is 5.75 Å². The highest BCUT2D eigenvalue weighted by atomic mass is 16.7. The predicted octanol–water partition coefficient (Wildman–Crippen LogP) is 2.92. The van der Waals surface area contributed by atoms with E-state index in [1.54, 1.807) is 12.1 Å². The fourth-order valence-electron chi connectivity index (χ4n) is 2.07. The first-order chi connectivity index (χ1) is 7.75. The van der Waals surface area contributed by atoms with Crippen LogP contribution in [0.25, 0.3) is 0 Å². The number of nitrogens with one attached hydrogen (secondary N) is 1. The van der Waals surface area contributed by atoms with E-state index in [0.29, 0.717) is 11.9 Å². The van der Waals surface area contributed by atoms with Crippen molar-refractivity contribution in [1.29, 1.82) is 0 Å². The van der Waals surface area contributed by atoms with E-state index in [-0.39, 0.29) is 6.04 Å². The molecule has 1 aromatic carbocycles. The van der Waals surface area contributed by atoms with E-state index in [2.05, 4.69) is 5.48 Å². The average Bonchev–Trinajstić information content (AvgIpc) is 2.78. The molecular formula is C13H19NO2. The van der Waals surface area contributed by atoms with Gasteiger partial charge in [0.1, 0.15) is 5.75 Å². The summed E-state index contributed by atoms with van der Waals surface area (Å²) < 4.78 is 0. The number of phenols is 1. The summed E-state index contributed by atoms with van der Waals surface area (Å²) >= 11 is 0. The van der Waals surface area contributed by atoms with E-state index in [0.717, 1.165) is 18.4 Å². The van der Waals surface area contributed by atoms with Gasteiger partial charge in [0.2, 0.25) is 0 Å². The zero-order valence-electron chi connectivity index (χ0n) is 9.65. The second kappa shape index (κ2) is 5.32. The lowest BCUT2D eigenvalue weighted by Gasteiger charge is -2.17. The quantitative estimate of drug-likeness (QED) is 0.768. The minimum Gasteiger partial charge on any atom is -0.508 e. The summed E-state index contributed by atoms with van der Waals surface area (Å²) in [6.07, 6.45) is 5.21. The Balaban J connectivity index is 1.85. The number of hydrogen-bond acceptors (Lipinski definition) is 3. The second-order valence-corrected chi connectivity index (χ2v) is 4.46. The van der Waals surface area contributed by atoms with Crippen molar-refractivity contribution in [3.63, 3.8) is 0 Å². The van der Waals surface area contributed by atoms with Crippen molar-refractivity contribution in [3.8, 4) is 5.75 Å². The highest BCUT2D eigenvalue weighted by molar-refractivity contribution is 5.28. The first-order valence-corrected chi connectivity index (χ1v) is 5.96. The first-order valence-electron chi connectivity index (χ1n) is 5.96. The molecule has 0 saturated heterocycles. The van der Waals surface area contributed by atoms with Gasteiger partial charge in [0.25, 0.3) is 0 Å². The fraction of sp³-hybridized carbons (Fsp3) is 0.538. The number of hydrogen-bond donors (Lipinski definition) is 2. The molecule has 2 rings (SSSR count). The van der Waals surface area contributed by atoms with Gasteiger partial charge in [-0.3, -0.25) is 4.84 Å². The topological polar surface area (TPSA) is 41.5 Å². The van der Waals surface area contributed by atoms with Crippen LogP contribution in [0, 0.1) is 0 Å². The lowest BCUT2D eigenvalue weighted by atomic mass is 10.1. The summed E-state index contributed by atoms with van der Waals surface area (Å²) in [6.45, 7) is 2.03. The lowest BCUT2D eigenvalue weighted by Crippen LogP contribution is -2.24. The Labute approximate surface area is 96.4 Å². The SMILES string of the molecule is CC(NOC1CCCC1)c1cccc(O)c1. The van der Waals surface area contributed by atoms with Gasteiger partial charge in [0, 0.05) is 0 Å². The van der Waals surface area contributed by atoms with Crippen LogP contribution in [0.15, 0.2) is 24.3 Å². The number of phenolic OH excluding ortho intramolecular Hbond substituents is 1. The third-order valence-corrected chi connectivity index (χ3v) is 3.08. The van der Waals surface area contributed by atoms with Crippen LogP contribution in [0.1, 0.15) is 44.2 Å². The van der Waals surface area contributed by atoms with E-state index in [4.69, 9.17) is 4.84 Å². The maximum absolute atomic E-state index is 9.37.